The zero-order valence-corrected chi connectivity index (χ0v) is 12.2. The number of nitrogens with one attached hydrogen (secondary N) is 1. The fourth-order valence-corrected chi connectivity index (χ4v) is 1.87. The Bertz CT molecular complexity index is 710. The lowest BCUT2D eigenvalue weighted by molar-refractivity contribution is 0.0996. The van der Waals surface area contributed by atoms with Gasteiger partial charge in [-0.25, -0.2) is 0 Å². The van der Waals surface area contributed by atoms with Crippen LogP contribution in [0.25, 0.3) is 0 Å². The average Bonchev–Trinajstić information content (AvgIpc) is 2.89. The van der Waals surface area contributed by atoms with Crippen molar-refractivity contribution in [1.29, 1.82) is 0 Å². The molecule has 0 saturated carbocycles. The lowest BCUT2D eigenvalue weighted by Crippen LogP contribution is -2.12. The van der Waals surface area contributed by atoms with Gasteiger partial charge in [0.1, 0.15) is 0 Å². The molecule has 0 fully saturated rings. The molecule has 0 spiro atoms. The lowest BCUT2D eigenvalue weighted by atomic mass is 10.2. The van der Waals surface area contributed by atoms with Crippen molar-refractivity contribution in [3.63, 3.8) is 0 Å². The van der Waals surface area contributed by atoms with Crippen LogP contribution in [-0.4, -0.2) is 17.6 Å². The molecule has 2 N–H and O–H groups in total. The van der Waals surface area contributed by atoms with E-state index < -0.39 is 0 Å². The number of benzene rings is 1. The van der Waals surface area contributed by atoms with E-state index in [9.17, 15) is 4.79 Å². The topological polar surface area (TPSA) is 62.5 Å². The SMILES string of the molecule is Cc1ccoc1C(=O)Nc1cc(C#CCCO)ccc1Cl. The highest BCUT2D eigenvalue weighted by atomic mass is 35.5. The van der Waals surface area contributed by atoms with Crippen molar-refractivity contribution >= 4 is 23.2 Å². The summed E-state index contributed by atoms with van der Waals surface area (Å²) in [5.74, 6) is 5.59. The summed E-state index contributed by atoms with van der Waals surface area (Å²) in [6.07, 6.45) is 1.86. The van der Waals surface area contributed by atoms with E-state index in [1.165, 1.54) is 6.26 Å². The van der Waals surface area contributed by atoms with Crippen LogP contribution < -0.4 is 5.32 Å². The standard InChI is InChI=1S/C16H14ClNO3/c1-11-7-9-21-15(11)16(20)18-14-10-12(4-2-3-8-19)5-6-13(14)17/h5-7,9-10,19H,3,8H2,1H3,(H,18,20). The highest BCUT2D eigenvalue weighted by molar-refractivity contribution is 6.34. The molecule has 21 heavy (non-hydrogen) atoms. The van der Waals surface area contributed by atoms with Crippen molar-refractivity contribution < 1.29 is 14.3 Å². The summed E-state index contributed by atoms with van der Waals surface area (Å²) < 4.78 is 5.14. The molecule has 0 atom stereocenters. The van der Waals surface area contributed by atoms with Gasteiger partial charge < -0.3 is 14.8 Å². The maximum atomic E-state index is 12.1. The second-order valence-corrected chi connectivity index (χ2v) is 4.76. The van der Waals surface area contributed by atoms with Crippen LogP contribution in [0.5, 0.6) is 0 Å². The highest BCUT2D eigenvalue weighted by Crippen LogP contribution is 2.24. The van der Waals surface area contributed by atoms with Gasteiger partial charge in [-0.15, -0.1) is 0 Å². The summed E-state index contributed by atoms with van der Waals surface area (Å²) in [5.41, 5.74) is 1.93. The molecule has 0 saturated heterocycles. The van der Waals surface area contributed by atoms with Crippen LogP contribution in [0.15, 0.2) is 34.9 Å². The van der Waals surface area contributed by atoms with Gasteiger partial charge in [0.15, 0.2) is 5.76 Å². The summed E-state index contributed by atoms with van der Waals surface area (Å²) in [4.78, 5) is 12.1. The lowest BCUT2D eigenvalue weighted by Gasteiger charge is -2.06. The van der Waals surface area contributed by atoms with Crippen LogP contribution in [0.2, 0.25) is 5.02 Å². The van der Waals surface area contributed by atoms with E-state index in [-0.39, 0.29) is 18.3 Å². The van der Waals surface area contributed by atoms with Crippen LogP contribution in [0.3, 0.4) is 0 Å². The summed E-state index contributed by atoms with van der Waals surface area (Å²) in [6, 6.07) is 6.81. The monoisotopic (exact) mass is 303 g/mol. The molecule has 0 bridgehead atoms. The Morgan fingerprint density at radius 2 is 2.24 bits per heavy atom. The zero-order chi connectivity index (χ0) is 15.2. The van der Waals surface area contributed by atoms with E-state index >= 15 is 0 Å². The number of furan rings is 1. The molecule has 5 heteroatoms. The van der Waals surface area contributed by atoms with E-state index in [0.29, 0.717) is 22.7 Å². The summed E-state index contributed by atoms with van der Waals surface area (Å²) in [5, 5.41) is 11.8. The Hall–Kier alpha value is -2.22. The molecular weight excluding hydrogens is 290 g/mol. The van der Waals surface area contributed by atoms with Crippen molar-refractivity contribution in [2.75, 3.05) is 11.9 Å². The zero-order valence-electron chi connectivity index (χ0n) is 11.4. The van der Waals surface area contributed by atoms with Crippen molar-refractivity contribution in [3.8, 4) is 11.8 Å². The number of hydrogen-bond acceptors (Lipinski definition) is 3. The Kier molecular flexibility index (Phi) is 5.04. The van der Waals surface area contributed by atoms with Gasteiger partial charge >= 0.3 is 0 Å². The predicted octanol–water partition coefficient (Wildman–Crippen LogP) is 3.23. The van der Waals surface area contributed by atoms with Crippen molar-refractivity contribution in [3.05, 3.63) is 52.4 Å². The van der Waals surface area contributed by atoms with Crippen LogP contribution in [0, 0.1) is 18.8 Å². The Labute approximate surface area is 127 Å². The molecule has 1 aromatic carbocycles. The number of halogens is 1. The number of aryl methyl sites for hydroxylation is 1. The summed E-state index contributed by atoms with van der Waals surface area (Å²) in [6.45, 7) is 1.80. The first-order chi connectivity index (χ1) is 10.1. The molecule has 0 aliphatic heterocycles. The van der Waals surface area contributed by atoms with E-state index in [4.69, 9.17) is 21.1 Å². The number of aliphatic hydroxyl groups excluding tert-OH is 1. The first kappa shape index (κ1) is 15.2. The number of amides is 1. The largest absolute Gasteiger partial charge is 0.459 e. The Morgan fingerprint density at radius 1 is 1.43 bits per heavy atom. The normalized spacial score (nSPS) is 9.86. The predicted molar refractivity (Wildman–Crippen MR) is 81.4 cm³/mol. The number of carbonyl (C=O) groups is 1. The molecule has 0 aliphatic carbocycles. The number of rotatable bonds is 3. The molecule has 0 radical (unpaired) electrons. The van der Waals surface area contributed by atoms with Gasteiger partial charge in [0.2, 0.25) is 0 Å². The number of anilines is 1. The molecule has 2 rings (SSSR count). The number of carbonyl (C=O) groups excluding carboxylic acids is 1. The quantitative estimate of drug-likeness (QED) is 0.856. The molecule has 1 heterocycles. The molecule has 108 valence electrons. The number of aliphatic hydroxyl groups is 1. The fourth-order valence-electron chi connectivity index (χ4n) is 1.70. The molecule has 0 unspecified atom stereocenters. The third kappa shape index (κ3) is 3.88. The molecule has 1 aromatic heterocycles. The van der Waals surface area contributed by atoms with Crippen molar-refractivity contribution in [2.24, 2.45) is 0 Å². The van der Waals surface area contributed by atoms with Gasteiger partial charge in [-0.2, -0.15) is 0 Å². The second-order valence-electron chi connectivity index (χ2n) is 4.36. The van der Waals surface area contributed by atoms with E-state index in [0.717, 1.165) is 5.56 Å². The molecular formula is C16H14ClNO3. The fraction of sp³-hybridized carbons (Fsp3) is 0.188. The third-order valence-electron chi connectivity index (χ3n) is 2.75. The number of hydrogen-bond donors (Lipinski definition) is 2. The van der Waals surface area contributed by atoms with Gasteiger partial charge in [-0.05, 0) is 31.2 Å². The minimum absolute atomic E-state index is 0.0158. The molecule has 4 nitrogen and oxygen atoms in total. The van der Waals surface area contributed by atoms with Crippen LogP contribution >= 0.6 is 11.6 Å². The highest BCUT2D eigenvalue weighted by Gasteiger charge is 2.14. The van der Waals surface area contributed by atoms with E-state index in [2.05, 4.69) is 17.2 Å². The smallest absolute Gasteiger partial charge is 0.291 e. The molecule has 2 aromatic rings. The Morgan fingerprint density at radius 3 is 2.90 bits per heavy atom. The maximum absolute atomic E-state index is 12.1. The van der Waals surface area contributed by atoms with Crippen molar-refractivity contribution in [1.82, 2.24) is 0 Å². The summed E-state index contributed by atoms with van der Waals surface area (Å²) in [7, 11) is 0. The Balaban J connectivity index is 2.20. The van der Waals surface area contributed by atoms with E-state index in [1.54, 1.807) is 31.2 Å². The van der Waals surface area contributed by atoms with Gasteiger partial charge in [0, 0.05) is 17.5 Å². The second kappa shape index (κ2) is 6.98. The van der Waals surface area contributed by atoms with Gasteiger partial charge in [0.25, 0.3) is 5.91 Å². The van der Waals surface area contributed by atoms with Gasteiger partial charge in [-0.1, -0.05) is 23.4 Å². The molecule has 0 aliphatic rings. The molecule has 1 amide bonds. The minimum atomic E-state index is -0.361. The van der Waals surface area contributed by atoms with Gasteiger partial charge in [-0.3, -0.25) is 4.79 Å². The average molecular weight is 304 g/mol. The summed E-state index contributed by atoms with van der Waals surface area (Å²) >= 11 is 6.07. The van der Waals surface area contributed by atoms with E-state index in [1.807, 2.05) is 0 Å². The first-order valence-electron chi connectivity index (χ1n) is 6.36. The van der Waals surface area contributed by atoms with Crippen molar-refractivity contribution in [2.45, 2.75) is 13.3 Å². The minimum Gasteiger partial charge on any atom is -0.459 e. The first-order valence-corrected chi connectivity index (χ1v) is 6.74. The van der Waals surface area contributed by atoms with Crippen LogP contribution in [0.4, 0.5) is 5.69 Å². The van der Waals surface area contributed by atoms with Gasteiger partial charge in [0.05, 0.1) is 23.6 Å². The third-order valence-corrected chi connectivity index (χ3v) is 3.08. The van der Waals surface area contributed by atoms with Crippen LogP contribution in [-0.2, 0) is 0 Å². The maximum Gasteiger partial charge on any atom is 0.291 e. The van der Waals surface area contributed by atoms with Crippen LogP contribution in [0.1, 0.15) is 28.1 Å².